The number of piperidine rings is 1. The number of amides is 3. The van der Waals surface area contributed by atoms with E-state index in [2.05, 4.69) is 10.6 Å². The molecule has 0 aliphatic carbocycles. The predicted octanol–water partition coefficient (Wildman–Crippen LogP) is 3.63. The van der Waals surface area contributed by atoms with E-state index >= 15 is 0 Å². The van der Waals surface area contributed by atoms with Crippen molar-refractivity contribution < 1.29 is 19.1 Å². The maximum absolute atomic E-state index is 12.4. The molecule has 1 aliphatic rings. The molecule has 9 heteroatoms. The molecule has 0 spiro atoms. The number of hydrogen-bond acceptors (Lipinski definition) is 4. The van der Waals surface area contributed by atoms with Crippen molar-refractivity contribution >= 4 is 41.1 Å². The van der Waals surface area contributed by atoms with Gasteiger partial charge in [-0.15, -0.1) is 0 Å². The van der Waals surface area contributed by atoms with Crippen LogP contribution < -0.4 is 10.6 Å². The smallest absolute Gasteiger partial charge is 0.407 e. The van der Waals surface area contributed by atoms with Crippen LogP contribution in [-0.4, -0.2) is 54.1 Å². The van der Waals surface area contributed by atoms with Crippen LogP contribution in [0, 0.1) is 0 Å². The molecule has 0 aromatic heterocycles. The summed E-state index contributed by atoms with van der Waals surface area (Å²) in [5.74, 6) is -0.312. The summed E-state index contributed by atoms with van der Waals surface area (Å²) in [5, 5.41) is 6.32. The second kappa shape index (κ2) is 10.2. The number of hydrogen-bond donors (Lipinski definition) is 2. The van der Waals surface area contributed by atoms with Crippen LogP contribution in [0.4, 0.5) is 4.79 Å². The Kier molecular flexibility index (Phi) is 8.16. The van der Waals surface area contributed by atoms with Gasteiger partial charge in [-0.25, -0.2) is 4.79 Å². The quantitative estimate of drug-likeness (QED) is 0.726. The molecule has 3 amide bonds. The van der Waals surface area contributed by atoms with Gasteiger partial charge < -0.3 is 20.3 Å². The maximum Gasteiger partial charge on any atom is 0.407 e. The molecule has 0 radical (unpaired) electrons. The number of carbonyl (C=O) groups excluding carboxylic acids is 3. The Labute approximate surface area is 181 Å². The molecule has 1 fully saturated rings. The van der Waals surface area contributed by atoms with Gasteiger partial charge in [0.2, 0.25) is 5.91 Å². The standard InChI is InChI=1S/C20H27Cl2N3O4/c1-20(2,3)29-19(28)23-9-6-17(26)25-10-7-14(8-11-25)24-18(27)15-12-13(21)4-5-16(15)22/h4-5,12,14H,6-11H2,1-3H3,(H,23,28)(H,24,27). The van der Waals surface area contributed by atoms with Gasteiger partial charge in [-0.2, -0.15) is 0 Å². The zero-order chi connectivity index (χ0) is 21.6. The van der Waals surface area contributed by atoms with Gasteiger partial charge in [0.25, 0.3) is 5.91 Å². The minimum atomic E-state index is -0.574. The third-order valence-electron chi connectivity index (χ3n) is 4.36. The first-order valence-corrected chi connectivity index (χ1v) is 10.3. The summed E-state index contributed by atoms with van der Waals surface area (Å²) >= 11 is 12.0. The molecule has 0 unspecified atom stereocenters. The Hall–Kier alpha value is -1.99. The molecule has 1 saturated heterocycles. The molecule has 1 heterocycles. The van der Waals surface area contributed by atoms with E-state index in [1.54, 1.807) is 37.8 Å². The van der Waals surface area contributed by atoms with E-state index in [0.29, 0.717) is 41.5 Å². The summed E-state index contributed by atoms with van der Waals surface area (Å²) in [6.07, 6.45) is 0.963. The molecule has 2 N–H and O–H groups in total. The first-order valence-electron chi connectivity index (χ1n) is 9.55. The molecule has 1 aromatic rings. The van der Waals surface area contributed by atoms with Gasteiger partial charge in [0.05, 0.1) is 10.6 Å². The molecule has 160 valence electrons. The van der Waals surface area contributed by atoms with Gasteiger partial charge in [0.15, 0.2) is 0 Å². The molecule has 1 aliphatic heterocycles. The van der Waals surface area contributed by atoms with E-state index < -0.39 is 11.7 Å². The summed E-state index contributed by atoms with van der Waals surface area (Å²) in [6, 6.07) is 4.71. The van der Waals surface area contributed by atoms with E-state index in [9.17, 15) is 14.4 Å². The Bertz CT molecular complexity index is 757. The highest BCUT2D eigenvalue weighted by atomic mass is 35.5. The monoisotopic (exact) mass is 443 g/mol. The second-order valence-electron chi connectivity index (χ2n) is 7.93. The summed E-state index contributed by atoms with van der Waals surface area (Å²) in [7, 11) is 0. The van der Waals surface area contributed by atoms with Crippen molar-refractivity contribution in [1.29, 1.82) is 0 Å². The summed E-state index contributed by atoms with van der Waals surface area (Å²) in [5.41, 5.74) is -0.235. The highest BCUT2D eigenvalue weighted by Gasteiger charge is 2.25. The van der Waals surface area contributed by atoms with Gasteiger partial charge in [0, 0.05) is 37.1 Å². The van der Waals surface area contributed by atoms with Gasteiger partial charge in [0.1, 0.15) is 5.60 Å². The van der Waals surface area contributed by atoms with Crippen LogP contribution >= 0.6 is 23.2 Å². The van der Waals surface area contributed by atoms with Crippen molar-refractivity contribution in [3.63, 3.8) is 0 Å². The highest BCUT2D eigenvalue weighted by molar-refractivity contribution is 6.35. The number of likely N-dealkylation sites (tertiary alicyclic amines) is 1. The fraction of sp³-hybridized carbons (Fsp3) is 0.550. The van der Waals surface area contributed by atoms with Crippen molar-refractivity contribution in [2.75, 3.05) is 19.6 Å². The van der Waals surface area contributed by atoms with Crippen molar-refractivity contribution in [1.82, 2.24) is 15.5 Å². The predicted molar refractivity (Wildman–Crippen MR) is 112 cm³/mol. The molecular weight excluding hydrogens is 417 g/mol. The van der Waals surface area contributed by atoms with Crippen LogP contribution in [0.15, 0.2) is 18.2 Å². The first kappa shape index (κ1) is 23.3. The van der Waals surface area contributed by atoms with Gasteiger partial charge in [-0.05, 0) is 51.8 Å². The fourth-order valence-corrected chi connectivity index (χ4v) is 3.33. The molecule has 1 aromatic carbocycles. The number of nitrogens with zero attached hydrogens (tertiary/aromatic N) is 1. The number of carbonyl (C=O) groups is 3. The lowest BCUT2D eigenvalue weighted by atomic mass is 10.0. The minimum Gasteiger partial charge on any atom is -0.444 e. The topological polar surface area (TPSA) is 87.7 Å². The van der Waals surface area contributed by atoms with Crippen molar-refractivity contribution in [2.45, 2.75) is 51.7 Å². The molecule has 0 atom stereocenters. The Balaban J connectivity index is 1.73. The molecule has 29 heavy (non-hydrogen) atoms. The van der Waals surface area contributed by atoms with Gasteiger partial charge >= 0.3 is 6.09 Å². The van der Waals surface area contributed by atoms with E-state index in [0.717, 1.165) is 0 Å². The van der Waals surface area contributed by atoms with Crippen molar-refractivity contribution in [3.8, 4) is 0 Å². The maximum atomic E-state index is 12.4. The summed E-state index contributed by atoms with van der Waals surface area (Å²) in [4.78, 5) is 38.1. The normalized spacial score (nSPS) is 15.0. The van der Waals surface area contributed by atoms with E-state index in [4.69, 9.17) is 27.9 Å². The molecule has 0 saturated carbocycles. The highest BCUT2D eigenvalue weighted by Crippen LogP contribution is 2.21. The fourth-order valence-electron chi connectivity index (χ4n) is 2.95. The average molecular weight is 444 g/mol. The first-order chi connectivity index (χ1) is 13.5. The summed E-state index contributed by atoms with van der Waals surface area (Å²) in [6.45, 7) is 6.64. The molecular formula is C20H27Cl2N3O4. The van der Waals surface area contributed by atoms with Crippen LogP contribution in [0.2, 0.25) is 10.0 Å². The Morgan fingerprint density at radius 2 is 1.83 bits per heavy atom. The lowest BCUT2D eigenvalue weighted by Crippen LogP contribution is -2.47. The number of alkyl carbamates (subject to hydrolysis) is 1. The van der Waals surface area contributed by atoms with Crippen LogP contribution in [0.3, 0.4) is 0 Å². The lowest BCUT2D eigenvalue weighted by Gasteiger charge is -2.32. The Morgan fingerprint density at radius 1 is 1.17 bits per heavy atom. The van der Waals surface area contributed by atoms with Crippen LogP contribution in [-0.2, 0) is 9.53 Å². The zero-order valence-corrected chi connectivity index (χ0v) is 18.4. The molecule has 2 rings (SSSR count). The average Bonchev–Trinajstić information content (AvgIpc) is 2.62. The minimum absolute atomic E-state index is 0.0382. The summed E-state index contributed by atoms with van der Waals surface area (Å²) < 4.78 is 5.14. The zero-order valence-electron chi connectivity index (χ0n) is 16.9. The number of benzene rings is 1. The SMILES string of the molecule is CC(C)(C)OC(=O)NCCC(=O)N1CCC(NC(=O)c2cc(Cl)ccc2Cl)CC1. The van der Waals surface area contributed by atoms with Gasteiger partial charge in [-0.3, -0.25) is 9.59 Å². The van der Waals surface area contributed by atoms with Crippen LogP contribution in [0.5, 0.6) is 0 Å². The second-order valence-corrected chi connectivity index (χ2v) is 8.77. The number of halogens is 2. The van der Waals surface area contributed by atoms with E-state index in [1.165, 1.54) is 6.07 Å². The number of nitrogens with one attached hydrogen (secondary N) is 2. The lowest BCUT2D eigenvalue weighted by molar-refractivity contribution is -0.132. The largest absolute Gasteiger partial charge is 0.444 e. The van der Waals surface area contributed by atoms with Crippen molar-refractivity contribution in [2.24, 2.45) is 0 Å². The van der Waals surface area contributed by atoms with Crippen molar-refractivity contribution in [3.05, 3.63) is 33.8 Å². The van der Waals surface area contributed by atoms with Crippen LogP contribution in [0.1, 0.15) is 50.4 Å². The third-order valence-corrected chi connectivity index (χ3v) is 4.93. The molecule has 7 nitrogen and oxygen atoms in total. The number of ether oxygens (including phenoxy) is 1. The molecule has 0 bridgehead atoms. The van der Waals surface area contributed by atoms with E-state index in [-0.39, 0.29) is 30.8 Å². The third kappa shape index (κ3) is 7.74. The number of rotatable bonds is 5. The Morgan fingerprint density at radius 3 is 2.45 bits per heavy atom. The van der Waals surface area contributed by atoms with E-state index in [1.807, 2.05) is 0 Å². The van der Waals surface area contributed by atoms with Crippen LogP contribution in [0.25, 0.3) is 0 Å². The van der Waals surface area contributed by atoms with Gasteiger partial charge in [-0.1, -0.05) is 23.2 Å².